The minimum atomic E-state index is 1.06. The molecule has 0 aliphatic rings. The van der Waals surface area contributed by atoms with Crippen molar-refractivity contribution >= 4 is 11.8 Å². The molecule has 0 bridgehead atoms. The Kier molecular flexibility index (Phi) is 8.17. The van der Waals surface area contributed by atoms with Crippen LogP contribution in [0.25, 0.3) is 0 Å². The number of hydrogen-bond acceptors (Lipinski definition) is 1. The number of hydrogen-bond donors (Lipinski definition) is 0. The lowest BCUT2D eigenvalue weighted by Crippen LogP contribution is -1.69. The van der Waals surface area contributed by atoms with Crippen LogP contribution in [0.15, 0.2) is 12.2 Å². The number of rotatable bonds is 5. The molecule has 1 heteroatoms. The minimum Gasteiger partial charge on any atom is -0.161 e. The van der Waals surface area contributed by atoms with Gasteiger partial charge in [0.05, 0.1) is 0 Å². The van der Waals surface area contributed by atoms with E-state index in [1.807, 2.05) is 11.8 Å². The maximum atomic E-state index is 3.76. The molecule has 9 heavy (non-hydrogen) atoms. The summed E-state index contributed by atoms with van der Waals surface area (Å²) in [7, 11) is 0. The van der Waals surface area contributed by atoms with Gasteiger partial charge in [0.15, 0.2) is 0 Å². The smallest absolute Gasteiger partial charge is 0.0110 e. The van der Waals surface area contributed by atoms with Gasteiger partial charge >= 0.3 is 0 Å². The van der Waals surface area contributed by atoms with E-state index in [0.29, 0.717) is 0 Å². The molecule has 0 spiro atoms. The molecule has 0 saturated heterocycles. The average Bonchev–Trinajstić information content (AvgIpc) is 1.89. The van der Waals surface area contributed by atoms with Gasteiger partial charge in [0.25, 0.3) is 0 Å². The molecule has 0 aliphatic heterocycles. The molecule has 0 rings (SSSR count). The summed E-state index contributed by atoms with van der Waals surface area (Å²) in [6.07, 6.45) is 10.1. The summed E-state index contributed by atoms with van der Waals surface area (Å²) >= 11 is 1.86. The normalized spacial score (nSPS) is 10.9. The SMILES string of the molecule is [CH2]CCC/C=C/CSC. The maximum Gasteiger partial charge on any atom is 0.0110 e. The third-order valence-electron chi connectivity index (χ3n) is 1.05. The molecule has 0 nitrogen and oxygen atoms in total. The van der Waals surface area contributed by atoms with E-state index in [2.05, 4.69) is 25.3 Å². The number of thioether (sulfide) groups is 1. The summed E-state index contributed by atoms with van der Waals surface area (Å²) in [5.41, 5.74) is 0. The quantitative estimate of drug-likeness (QED) is 0.421. The number of unbranched alkanes of at least 4 members (excludes halogenated alkanes) is 2. The molecule has 0 atom stereocenters. The Hall–Kier alpha value is 0.0900. The first-order valence-corrected chi connectivity index (χ1v) is 4.74. The van der Waals surface area contributed by atoms with Crippen LogP contribution in [-0.2, 0) is 0 Å². The second-order valence-electron chi connectivity index (χ2n) is 1.92. The minimum absolute atomic E-state index is 1.06. The fourth-order valence-corrected chi connectivity index (χ4v) is 0.873. The summed E-state index contributed by atoms with van der Waals surface area (Å²) in [5, 5.41) is 0. The van der Waals surface area contributed by atoms with Gasteiger partial charge in [-0.05, 0) is 19.1 Å². The van der Waals surface area contributed by atoms with Gasteiger partial charge in [-0.3, -0.25) is 0 Å². The Labute approximate surface area is 62.7 Å². The van der Waals surface area contributed by atoms with E-state index in [1.165, 1.54) is 12.8 Å². The summed E-state index contributed by atoms with van der Waals surface area (Å²) in [6, 6.07) is 0. The zero-order chi connectivity index (χ0) is 6.95. The zero-order valence-electron chi connectivity index (χ0n) is 6.10. The molecule has 0 aromatic heterocycles. The van der Waals surface area contributed by atoms with Crippen molar-refractivity contribution in [3.8, 4) is 0 Å². The largest absolute Gasteiger partial charge is 0.161 e. The summed E-state index contributed by atoms with van der Waals surface area (Å²) in [4.78, 5) is 0. The molecule has 1 radical (unpaired) electrons. The van der Waals surface area contributed by atoms with Crippen LogP contribution in [0.2, 0.25) is 0 Å². The van der Waals surface area contributed by atoms with Gasteiger partial charge in [0, 0.05) is 5.75 Å². The second kappa shape index (κ2) is 8.09. The highest BCUT2D eigenvalue weighted by Gasteiger charge is 1.76. The summed E-state index contributed by atoms with van der Waals surface area (Å²) in [5.74, 6) is 1.15. The highest BCUT2D eigenvalue weighted by atomic mass is 32.2. The Morgan fingerprint density at radius 1 is 1.44 bits per heavy atom. The predicted molar refractivity (Wildman–Crippen MR) is 46.7 cm³/mol. The molecule has 0 amide bonds. The van der Waals surface area contributed by atoms with Gasteiger partial charge in [-0.2, -0.15) is 11.8 Å². The maximum absolute atomic E-state index is 3.76. The van der Waals surface area contributed by atoms with Crippen molar-refractivity contribution in [2.24, 2.45) is 0 Å². The predicted octanol–water partition coefficient (Wildman–Crippen LogP) is 2.91. The Balaban J connectivity index is 2.86. The average molecular weight is 143 g/mol. The first kappa shape index (κ1) is 9.09. The van der Waals surface area contributed by atoms with Gasteiger partial charge in [0.2, 0.25) is 0 Å². The second-order valence-corrected chi connectivity index (χ2v) is 2.83. The van der Waals surface area contributed by atoms with Crippen molar-refractivity contribution in [1.29, 1.82) is 0 Å². The van der Waals surface area contributed by atoms with Crippen molar-refractivity contribution < 1.29 is 0 Å². The summed E-state index contributed by atoms with van der Waals surface area (Å²) < 4.78 is 0. The van der Waals surface area contributed by atoms with Crippen LogP contribution in [-0.4, -0.2) is 12.0 Å². The standard InChI is InChI=1S/C8H15S/c1-3-4-5-6-7-8-9-2/h6-7H,1,3-5,8H2,2H3/b7-6+. The molecule has 0 N–H and O–H groups in total. The lowest BCUT2D eigenvalue weighted by atomic mass is 10.2. The molecular weight excluding hydrogens is 128 g/mol. The van der Waals surface area contributed by atoms with Crippen molar-refractivity contribution in [3.05, 3.63) is 19.1 Å². The van der Waals surface area contributed by atoms with Gasteiger partial charge in [-0.1, -0.05) is 25.5 Å². The fraction of sp³-hybridized carbons (Fsp3) is 0.625. The molecular formula is C8H15S. The monoisotopic (exact) mass is 143 g/mol. The van der Waals surface area contributed by atoms with E-state index in [-0.39, 0.29) is 0 Å². The highest BCUT2D eigenvalue weighted by Crippen LogP contribution is 1.97. The number of allylic oxidation sites excluding steroid dienone is 1. The van der Waals surface area contributed by atoms with Crippen LogP contribution in [0.5, 0.6) is 0 Å². The van der Waals surface area contributed by atoms with E-state index in [9.17, 15) is 0 Å². The molecule has 0 aromatic rings. The topological polar surface area (TPSA) is 0 Å². The third-order valence-corrected chi connectivity index (χ3v) is 1.58. The van der Waals surface area contributed by atoms with E-state index in [1.54, 1.807) is 0 Å². The van der Waals surface area contributed by atoms with Gasteiger partial charge in [-0.25, -0.2) is 0 Å². The zero-order valence-corrected chi connectivity index (χ0v) is 6.91. The highest BCUT2D eigenvalue weighted by molar-refractivity contribution is 7.98. The first-order valence-electron chi connectivity index (χ1n) is 3.35. The van der Waals surface area contributed by atoms with Crippen LogP contribution < -0.4 is 0 Å². The van der Waals surface area contributed by atoms with Gasteiger partial charge < -0.3 is 0 Å². The van der Waals surface area contributed by atoms with Gasteiger partial charge in [-0.15, -0.1) is 0 Å². The fourth-order valence-electron chi connectivity index (χ4n) is 0.544. The molecule has 0 aromatic carbocycles. The van der Waals surface area contributed by atoms with Crippen molar-refractivity contribution in [2.75, 3.05) is 12.0 Å². The van der Waals surface area contributed by atoms with Crippen LogP contribution in [0, 0.1) is 6.92 Å². The lowest BCUT2D eigenvalue weighted by Gasteiger charge is -1.87. The van der Waals surface area contributed by atoms with E-state index in [0.717, 1.165) is 12.2 Å². The van der Waals surface area contributed by atoms with E-state index in [4.69, 9.17) is 0 Å². The van der Waals surface area contributed by atoms with Crippen LogP contribution in [0.1, 0.15) is 19.3 Å². The molecule has 53 valence electrons. The summed E-state index contributed by atoms with van der Waals surface area (Å²) in [6.45, 7) is 3.76. The Bertz CT molecular complexity index is 67.0. The van der Waals surface area contributed by atoms with Crippen molar-refractivity contribution in [3.63, 3.8) is 0 Å². The van der Waals surface area contributed by atoms with E-state index >= 15 is 0 Å². The molecule has 0 aliphatic carbocycles. The van der Waals surface area contributed by atoms with Crippen molar-refractivity contribution in [2.45, 2.75) is 19.3 Å². The molecule has 0 unspecified atom stereocenters. The van der Waals surface area contributed by atoms with Crippen molar-refractivity contribution in [1.82, 2.24) is 0 Å². The van der Waals surface area contributed by atoms with Crippen LogP contribution in [0.3, 0.4) is 0 Å². The van der Waals surface area contributed by atoms with Crippen LogP contribution in [0.4, 0.5) is 0 Å². The first-order chi connectivity index (χ1) is 4.41. The molecule has 0 saturated carbocycles. The van der Waals surface area contributed by atoms with Gasteiger partial charge in [0.1, 0.15) is 0 Å². The molecule has 0 fully saturated rings. The van der Waals surface area contributed by atoms with Crippen LogP contribution >= 0.6 is 11.8 Å². The Morgan fingerprint density at radius 3 is 2.78 bits per heavy atom. The van der Waals surface area contributed by atoms with E-state index < -0.39 is 0 Å². The molecule has 0 heterocycles. The lowest BCUT2D eigenvalue weighted by molar-refractivity contribution is 0.865. The third kappa shape index (κ3) is 8.09. The Morgan fingerprint density at radius 2 is 2.22 bits per heavy atom.